The second-order valence-corrected chi connectivity index (χ2v) is 3.58. The highest BCUT2D eigenvalue weighted by Crippen LogP contribution is 2.24. The third-order valence-corrected chi connectivity index (χ3v) is 2.67. The number of unbranched alkanes of at least 4 members (excludes halogenated alkanes) is 1. The van der Waals surface area contributed by atoms with Crippen LogP contribution in [0.5, 0.6) is 0 Å². The van der Waals surface area contributed by atoms with Gasteiger partial charge in [0.2, 0.25) is 5.91 Å². The van der Waals surface area contributed by atoms with E-state index in [1.165, 1.54) is 0 Å². The lowest BCUT2D eigenvalue weighted by Gasteiger charge is -2.25. The van der Waals surface area contributed by atoms with Crippen molar-refractivity contribution in [3.05, 3.63) is 0 Å². The highest BCUT2D eigenvalue weighted by molar-refractivity contribution is 5.84. The molecule has 0 aromatic heterocycles. The van der Waals surface area contributed by atoms with Gasteiger partial charge in [0, 0.05) is 0 Å². The standard InChI is InChI=1S/C9H18N2O/c1-2-3-5-9(8(10)12)6-4-7-11-9/h11H,2-7H2,1H3,(H2,10,12)/t9-/m1/s1. The van der Waals surface area contributed by atoms with Gasteiger partial charge in [0.1, 0.15) is 0 Å². The van der Waals surface area contributed by atoms with Gasteiger partial charge in [-0.1, -0.05) is 19.8 Å². The topological polar surface area (TPSA) is 55.1 Å². The minimum atomic E-state index is -0.365. The summed E-state index contributed by atoms with van der Waals surface area (Å²) in [5.74, 6) is -0.173. The van der Waals surface area contributed by atoms with Crippen LogP contribution in [-0.2, 0) is 4.79 Å². The Kier molecular flexibility index (Phi) is 3.09. The number of amides is 1. The van der Waals surface area contributed by atoms with Crippen molar-refractivity contribution in [1.29, 1.82) is 0 Å². The Morgan fingerprint density at radius 2 is 2.42 bits per heavy atom. The third-order valence-electron chi connectivity index (χ3n) is 2.67. The van der Waals surface area contributed by atoms with Crippen molar-refractivity contribution in [3.63, 3.8) is 0 Å². The highest BCUT2D eigenvalue weighted by atomic mass is 16.1. The average Bonchev–Trinajstić information content (AvgIpc) is 2.50. The van der Waals surface area contributed by atoms with Gasteiger partial charge >= 0.3 is 0 Å². The molecule has 0 saturated carbocycles. The fraction of sp³-hybridized carbons (Fsp3) is 0.889. The quantitative estimate of drug-likeness (QED) is 0.655. The Morgan fingerprint density at radius 3 is 2.83 bits per heavy atom. The summed E-state index contributed by atoms with van der Waals surface area (Å²) in [5.41, 5.74) is 5.01. The molecule has 3 N–H and O–H groups in total. The molecule has 0 spiro atoms. The lowest BCUT2D eigenvalue weighted by atomic mass is 9.90. The summed E-state index contributed by atoms with van der Waals surface area (Å²) in [6, 6.07) is 0. The molecule has 1 aliphatic heterocycles. The van der Waals surface area contributed by atoms with Crippen LogP contribution in [-0.4, -0.2) is 18.0 Å². The molecule has 1 saturated heterocycles. The summed E-state index contributed by atoms with van der Waals surface area (Å²) >= 11 is 0. The van der Waals surface area contributed by atoms with E-state index in [4.69, 9.17) is 5.73 Å². The van der Waals surface area contributed by atoms with Crippen LogP contribution in [0.15, 0.2) is 0 Å². The van der Waals surface area contributed by atoms with E-state index in [1.807, 2.05) is 0 Å². The zero-order chi connectivity index (χ0) is 9.03. The first-order valence-electron chi connectivity index (χ1n) is 4.76. The summed E-state index contributed by atoms with van der Waals surface area (Å²) < 4.78 is 0. The highest BCUT2D eigenvalue weighted by Gasteiger charge is 2.38. The van der Waals surface area contributed by atoms with Crippen molar-refractivity contribution in [2.75, 3.05) is 6.54 Å². The van der Waals surface area contributed by atoms with E-state index >= 15 is 0 Å². The molecule has 12 heavy (non-hydrogen) atoms. The molecular formula is C9H18N2O. The number of hydrogen-bond donors (Lipinski definition) is 2. The normalized spacial score (nSPS) is 29.1. The molecule has 0 unspecified atom stereocenters. The minimum absolute atomic E-state index is 0.173. The second-order valence-electron chi connectivity index (χ2n) is 3.58. The Morgan fingerprint density at radius 1 is 1.67 bits per heavy atom. The zero-order valence-electron chi connectivity index (χ0n) is 7.73. The van der Waals surface area contributed by atoms with Crippen molar-refractivity contribution >= 4 is 5.91 Å². The lowest BCUT2D eigenvalue weighted by molar-refractivity contribution is -0.124. The fourth-order valence-corrected chi connectivity index (χ4v) is 1.83. The predicted molar refractivity (Wildman–Crippen MR) is 48.7 cm³/mol. The second kappa shape index (κ2) is 3.90. The first-order chi connectivity index (χ1) is 5.71. The SMILES string of the molecule is CCCC[C@]1(C(N)=O)CCCN1. The van der Waals surface area contributed by atoms with E-state index in [2.05, 4.69) is 12.2 Å². The number of carbonyl (C=O) groups is 1. The van der Waals surface area contributed by atoms with Gasteiger partial charge in [-0.3, -0.25) is 4.79 Å². The number of nitrogens with two attached hydrogens (primary N) is 1. The van der Waals surface area contributed by atoms with Crippen molar-refractivity contribution in [2.24, 2.45) is 5.73 Å². The maximum atomic E-state index is 11.2. The molecule has 1 atom stereocenters. The molecule has 0 aromatic rings. The largest absolute Gasteiger partial charge is 0.368 e. The van der Waals surface area contributed by atoms with Gasteiger partial charge in [-0.2, -0.15) is 0 Å². The summed E-state index contributed by atoms with van der Waals surface area (Å²) in [6.07, 6.45) is 5.10. The molecule has 1 aliphatic rings. The van der Waals surface area contributed by atoms with Gasteiger partial charge in [0.15, 0.2) is 0 Å². The summed E-state index contributed by atoms with van der Waals surface area (Å²) in [6.45, 7) is 3.07. The molecule has 3 nitrogen and oxygen atoms in total. The van der Waals surface area contributed by atoms with Crippen LogP contribution in [0, 0.1) is 0 Å². The fourth-order valence-electron chi connectivity index (χ4n) is 1.83. The monoisotopic (exact) mass is 170 g/mol. The van der Waals surface area contributed by atoms with Gasteiger partial charge in [-0.15, -0.1) is 0 Å². The number of hydrogen-bond acceptors (Lipinski definition) is 2. The average molecular weight is 170 g/mol. The van der Waals surface area contributed by atoms with Crippen LogP contribution < -0.4 is 11.1 Å². The maximum absolute atomic E-state index is 11.2. The van der Waals surface area contributed by atoms with Crippen molar-refractivity contribution in [3.8, 4) is 0 Å². The maximum Gasteiger partial charge on any atom is 0.237 e. The summed E-state index contributed by atoms with van der Waals surface area (Å²) in [5, 5.41) is 3.23. The summed E-state index contributed by atoms with van der Waals surface area (Å²) in [4.78, 5) is 11.2. The van der Waals surface area contributed by atoms with Gasteiger partial charge in [0.05, 0.1) is 5.54 Å². The number of nitrogens with one attached hydrogen (secondary N) is 1. The van der Waals surface area contributed by atoms with Crippen molar-refractivity contribution in [1.82, 2.24) is 5.32 Å². The van der Waals surface area contributed by atoms with Gasteiger partial charge in [-0.25, -0.2) is 0 Å². The minimum Gasteiger partial charge on any atom is -0.368 e. The van der Waals surface area contributed by atoms with Gasteiger partial charge in [0.25, 0.3) is 0 Å². The van der Waals surface area contributed by atoms with Crippen LogP contribution in [0.2, 0.25) is 0 Å². The van der Waals surface area contributed by atoms with E-state index in [1.54, 1.807) is 0 Å². The smallest absolute Gasteiger partial charge is 0.237 e. The molecule has 1 rings (SSSR count). The zero-order valence-corrected chi connectivity index (χ0v) is 7.73. The van der Waals surface area contributed by atoms with E-state index < -0.39 is 0 Å². The van der Waals surface area contributed by atoms with Gasteiger partial charge < -0.3 is 11.1 Å². The van der Waals surface area contributed by atoms with Gasteiger partial charge in [-0.05, 0) is 25.8 Å². The number of rotatable bonds is 4. The van der Waals surface area contributed by atoms with Crippen molar-refractivity contribution in [2.45, 2.75) is 44.6 Å². The molecular weight excluding hydrogens is 152 g/mol. The molecule has 0 aromatic carbocycles. The first-order valence-corrected chi connectivity index (χ1v) is 4.76. The number of carbonyl (C=O) groups excluding carboxylic acids is 1. The Hall–Kier alpha value is -0.570. The number of primary amides is 1. The van der Waals surface area contributed by atoms with E-state index in [9.17, 15) is 4.79 Å². The van der Waals surface area contributed by atoms with Crippen molar-refractivity contribution < 1.29 is 4.79 Å². The molecule has 0 radical (unpaired) electrons. The Bertz CT molecular complexity index is 162. The molecule has 0 bridgehead atoms. The molecule has 1 heterocycles. The summed E-state index contributed by atoms with van der Waals surface area (Å²) in [7, 11) is 0. The molecule has 1 amide bonds. The van der Waals surface area contributed by atoms with Crippen LogP contribution in [0.25, 0.3) is 0 Å². The molecule has 0 aliphatic carbocycles. The molecule has 70 valence electrons. The van der Waals surface area contributed by atoms with E-state index in [0.717, 1.165) is 38.6 Å². The van der Waals surface area contributed by atoms with Crippen LogP contribution in [0.1, 0.15) is 39.0 Å². The molecule has 1 fully saturated rings. The van der Waals surface area contributed by atoms with E-state index in [0.29, 0.717) is 0 Å². The Balaban J connectivity index is 2.53. The third kappa shape index (κ3) is 1.78. The Labute approximate surface area is 73.7 Å². The van der Waals surface area contributed by atoms with E-state index in [-0.39, 0.29) is 11.4 Å². The van der Waals surface area contributed by atoms with Crippen LogP contribution >= 0.6 is 0 Å². The lowest BCUT2D eigenvalue weighted by Crippen LogP contribution is -2.51. The molecule has 3 heteroatoms. The van der Waals surface area contributed by atoms with Crippen LogP contribution in [0.3, 0.4) is 0 Å². The van der Waals surface area contributed by atoms with Crippen LogP contribution in [0.4, 0.5) is 0 Å². The predicted octanol–water partition coefficient (Wildman–Crippen LogP) is 0.784. The first kappa shape index (κ1) is 9.52.